The van der Waals surface area contributed by atoms with Gasteiger partial charge in [-0.3, -0.25) is 9.89 Å². The summed E-state index contributed by atoms with van der Waals surface area (Å²) in [6, 6.07) is 3.26. The average molecular weight is 251 g/mol. The predicted octanol–water partition coefficient (Wildman–Crippen LogP) is 2.27. The van der Waals surface area contributed by atoms with Gasteiger partial charge in [0.25, 0.3) is 5.91 Å². The van der Waals surface area contributed by atoms with Gasteiger partial charge in [-0.05, 0) is 18.6 Å². The molecule has 88 valence electrons. The van der Waals surface area contributed by atoms with Crippen molar-refractivity contribution in [3.8, 4) is 0 Å². The number of pyridine rings is 1. The molecule has 0 aliphatic rings. The Morgan fingerprint density at radius 2 is 2.35 bits per heavy atom. The van der Waals surface area contributed by atoms with Crippen LogP contribution in [-0.2, 0) is 6.42 Å². The van der Waals surface area contributed by atoms with Gasteiger partial charge in [0.05, 0.1) is 11.9 Å². The third-order valence-corrected chi connectivity index (χ3v) is 2.42. The summed E-state index contributed by atoms with van der Waals surface area (Å²) in [6.45, 7) is 1.95. The summed E-state index contributed by atoms with van der Waals surface area (Å²) < 4.78 is 0. The Kier molecular flexibility index (Phi) is 3.39. The zero-order chi connectivity index (χ0) is 12.3. The minimum absolute atomic E-state index is 0.231. The normalized spacial score (nSPS) is 10.2. The van der Waals surface area contributed by atoms with Crippen LogP contribution in [0.25, 0.3) is 0 Å². The molecule has 2 heterocycles. The van der Waals surface area contributed by atoms with Crippen molar-refractivity contribution in [1.82, 2.24) is 15.2 Å². The lowest BCUT2D eigenvalue weighted by Gasteiger charge is -2.04. The van der Waals surface area contributed by atoms with Crippen LogP contribution < -0.4 is 5.32 Å². The summed E-state index contributed by atoms with van der Waals surface area (Å²) in [5, 5.41) is 9.38. The number of aryl methyl sites for hydroxylation is 1. The number of hydrogen-bond acceptors (Lipinski definition) is 3. The highest BCUT2D eigenvalue weighted by atomic mass is 35.5. The Labute approximate surface area is 103 Å². The van der Waals surface area contributed by atoms with Gasteiger partial charge in [0.1, 0.15) is 5.15 Å². The predicted molar refractivity (Wildman–Crippen MR) is 65.2 cm³/mol. The molecule has 0 saturated carbocycles. The van der Waals surface area contributed by atoms with Crippen LogP contribution in [-0.4, -0.2) is 21.1 Å². The molecule has 0 aliphatic heterocycles. The van der Waals surface area contributed by atoms with E-state index in [9.17, 15) is 4.79 Å². The number of carbonyl (C=O) groups is 1. The molecule has 2 aromatic heterocycles. The first-order valence-corrected chi connectivity index (χ1v) is 5.53. The van der Waals surface area contributed by atoms with Crippen LogP contribution in [0.2, 0.25) is 5.15 Å². The van der Waals surface area contributed by atoms with E-state index >= 15 is 0 Å². The topological polar surface area (TPSA) is 70.7 Å². The number of aromatic nitrogens is 3. The molecule has 2 N–H and O–H groups in total. The van der Waals surface area contributed by atoms with E-state index in [1.54, 1.807) is 12.3 Å². The highest BCUT2D eigenvalue weighted by Crippen LogP contribution is 2.13. The van der Waals surface area contributed by atoms with Crippen LogP contribution in [0.4, 0.5) is 5.69 Å². The van der Waals surface area contributed by atoms with Gasteiger partial charge in [-0.2, -0.15) is 5.10 Å². The average Bonchev–Trinajstić information content (AvgIpc) is 2.81. The van der Waals surface area contributed by atoms with Gasteiger partial charge in [0.2, 0.25) is 0 Å². The molecule has 0 aliphatic carbocycles. The molecule has 0 radical (unpaired) electrons. The second kappa shape index (κ2) is 4.97. The van der Waals surface area contributed by atoms with Gasteiger partial charge in [0, 0.05) is 17.5 Å². The second-order valence-corrected chi connectivity index (χ2v) is 3.85. The molecule has 17 heavy (non-hydrogen) atoms. The monoisotopic (exact) mass is 250 g/mol. The summed E-state index contributed by atoms with van der Waals surface area (Å²) in [6.07, 6.45) is 3.86. The van der Waals surface area contributed by atoms with Crippen LogP contribution in [0.1, 0.15) is 23.0 Å². The summed E-state index contributed by atoms with van der Waals surface area (Å²) in [5.74, 6) is -0.231. The highest BCUT2D eigenvalue weighted by molar-refractivity contribution is 6.29. The summed E-state index contributed by atoms with van der Waals surface area (Å²) in [4.78, 5) is 16.0. The summed E-state index contributed by atoms with van der Waals surface area (Å²) >= 11 is 5.85. The van der Waals surface area contributed by atoms with Crippen LogP contribution in [0.3, 0.4) is 0 Å². The summed E-state index contributed by atoms with van der Waals surface area (Å²) in [5.41, 5.74) is 1.89. The third kappa shape index (κ3) is 2.82. The van der Waals surface area contributed by atoms with Gasteiger partial charge in [-0.15, -0.1) is 0 Å². The minimum Gasteiger partial charge on any atom is -0.319 e. The number of halogens is 1. The molecular weight excluding hydrogens is 240 g/mol. The third-order valence-electron chi connectivity index (χ3n) is 2.23. The zero-order valence-corrected chi connectivity index (χ0v) is 9.95. The Hall–Kier alpha value is -1.88. The number of nitrogens with zero attached hydrogens (tertiary/aromatic N) is 2. The molecule has 2 aromatic rings. The number of amides is 1. The molecular formula is C11H11ClN4O. The fraction of sp³-hybridized carbons (Fsp3) is 0.182. The Morgan fingerprint density at radius 1 is 1.53 bits per heavy atom. The molecule has 6 heteroatoms. The lowest BCUT2D eigenvalue weighted by Crippen LogP contribution is -2.12. The van der Waals surface area contributed by atoms with Gasteiger partial charge in [-0.25, -0.2) is 4.98 Å². The fourth-order valence-corrected chi connectivity index (χ4v) is 1.61. The van der Waals surface area contributed by atoms with Crippen molar-refractivity contribution in [1.29, 1.82) is 0 Å². The molecule has 0 spiro atoms. The van der Waals surface area contributed by atoms with E-state index in [0.29, 0.717) is 16.4 Å². The number of anilines is 1. The van der Waals surface area contributed by atoms with E-state index in [1.165, 1.54) is 12.3 Å². The van der Waals surface area contributed by atoms with Crippen LogP contribution in [0, 0.1) is 0 Å². The van der Waals surface area contributed by atoms with Crippen molar-refractivity contribution >= 4 is 23.2 Å². The summed E-state index contributed by atoms with van der Waals surface area (Å²) in [7, 11) is 0. The van der Waals surface area contributed by atoms with E-state index in [1.807, 2.05) is 6.92 Å². The molecule has 0 atom stereocenters. The van der Waals surface area contributed by atoms with Crippen LogP contribution in [0.15, 0.2) is 24.5 Å². The molecule has 5 nitrogen and oxygen atoms in total. The first kappa shape index (κ1) is 11.6. The highest BCUT2D eigenvalue weighted by Gasteiger charge is 2.09. The van der Waals surface area contributed by atoms with E-state index in [4.69, 9.17) is 11.6 Å². The van der Waals surface area contributed by atoms with Crippen molar-refractivity contribution < 1.29 is 4.79 Å². The molecule has 0 saturated heterocycles. The lowest BCUT2D eigenvalue weighted by atomic mass is 10.2. The Bertz CT molecular complexity index is 524. The van der Waals surface area contributed by atoms with E-state index in [0.717, 1.165) is 12.1 Å². The van der Waals surface area contributed by atoms with E-state index < -0.39 is 0 Å². The zero-order valence-electron chi connectivity index (χ0n) is 9.20. The largest absolute Gasteiger partial charge is 0.319 e. The van der Waals surface area contributed by atoms with Crippen molar-refractivity contribution in [2.24, 2.45) is 0 Å². The van der Waals surface area contributed by atoms with Gasteiger partial charge in [0.15, 0.2) is 0 Å². The van der Waals surface area contributed by atoms with Crippen LogP contribution in [0.5, 0.6) is 0 Å². The quantitative estimate of drug-likeness (QED) is 0.821. The maximum Gasteiger partial charge on any atom is 0.255 e. The SMILES string of the molecule is CCc1cc(C(=O)Nc2cn[nH]c2)cc(Cl)n1. The van der Waals surface area contributed by atoms with Crippen molar-refractivity contribution in [2.75, 3.05) is 5.32 Å². The van der Waals surface area contributed by atoms with Crippen molar-refractivity contribution in [3.63, 3.8) is 0 Å². The molecule has 0 bridgehead atoms. The van der Waals surface area contributed by atoms with Crippen LogP contribution >= 0.6 is 11.6 Å². The van der Waals surface area contributed by atoms with Crippen molar-refractivity contribution in [2.45, 2.75) is 13.3 Å². The second-order valence-electron chi connectivity index (χ2n) is 3.46. The van der Waals surface area contributed by atoms with E-state index in [-0.39, 0.29) is 5.91 Å². The lowest BCUT2D eigenvalue weighted by molar-refractivity contribution is 0.102. The molecule has 0 fully saturated rings. The first-order valence-electron chi connectivity index (χ1n) is 5.15. The minimum atomic E-state index is -0.231. The van der Waals surface area contributed by atoms with E-state index in [2.05, 4.69) is 20.5 Å². The maximum absolute atomic E-state index is 11.9. The number of H-pyrrole nitrogens is 1. The number of rotatable bonds is 3. The standard InChI is InChI=1S/C11H11ClN4O/c1-2-8-3-7(4-10(12)15-8)11(17)16-9-5-13-14-6-9/h3-6H,2H2,1H3,(H,13,14)(H,16,17). The Morgan fingerprint density at radius 3 is 3.00 bits per heavy atom. The maximum atomic E-state index is 11.9. The fourth-order valence-electron chi connectivity index (χ4n) is 1.39. The number of nitrogens with one attached hydrogen (secondary N) is 2. The number of aromatic amines is 1. The molecule has 0 unspecified atom stereocenters. The van der Waals surface area contributed by atoms with Gasteiger partial charge in [-0.1, -0.05) is 18.5 Å². The van der Waals surface area contributed by atoms with Gasteiger partial charge >= 0.3 is 0 Å². The number of hydrogen-bond donors (Lipinski definition) is 2. The smallest absolute Gasteiger partial charge is 0.255 e. The molecule has 2 rings (SSSR count). The number of carbonyl (C=O) groups excluding carboxylic acids is 1. The van der Waals surface area contributed by atoms with Crippen molar-refractivity contribution in [3.05, 3.63) is 40.9 Å². The first-order chi connectivity index (χ1) is 8.19. The Balaban J connectivity index is 2.21. The molecule has 0 aromatic carbocycles. The van der Waals surface area contributed by atoms with Gasteiger partial charge < -0.3 is 5.32 Å². The molecule has 1 amide bonds.